The van der Waals surface area contributed by atoms with Crippen LogP contribution in [-0.2, 0) is 6.42 Å². The summed E-state index contributed by atoms with van der Waals surface area (Å²) in [5, 5.41) is 9.53. The van der Waals surface area contributed by atoms with Gasteiger partial charge < -0.3 is 10.0 Å². The molecule has 0 saturated heterocycles. The zero-order valence-corrected chi connectivity index (χ0v) is 10.5. The molecule has 96 valence electrons. The van der Waals surface area contributed by atoms with E-state index in [2.05, 4.69) is 0 Å². The molecule has 19 heavy (non-hydrogen) atoms. The minimum Gasteiger partial charge on any atom is -0.508 e. The highest BCUT2D eigenvalue weighted by atomic mass is 16.3. The van der Waals surface area contributed by atoms with Crippen molar-refractivity contribution in [1.82, 2.24) is 0 Å². The van der Waals surface area contributed by atoms with Crippen molar-refractivity contribution in [2.24, 2.45) is 0 Å². The monoisotopic (exact) mass is 253 g/mol. The Morgan fingerprint density at radius 3 is 2.68 bits per heavy atom. The van der Waals surface area contributed by atoms with Crippen molar-refractivity contribution in [3.63, 3.8) is 0 Å². The largest absolute Gasteiger partial charge is 0.508 e. The van der Waals surface area contributed by atoms with Crippen LogP contribution in [0.2, 0.25) is 0 Å². The van der Waals surface area contributed by atoms with E-state index in [9.17, 15) is 9.90 Å². The second-order valence-electron chi connectivity index (χ2n) is 4.74. The fourth-order valence-corrected chi connectivity index (χ4v) is 2.53. The first-order chi connectivity index (χ1) is 9.25. The minimum atomic E-state index is 0.0206. The molecule has 0 radical (unpaired) electrons. The van der Waals surface area contributed by atoms with Crippen molar-refractivity contribution in [3.8, 4) is 5.75 Å². The van der Waals surface area contributed by atoms with Crippen molar-refractivity contribution < 1.29 is 9.90 Å². The number of anilines is 1. The van der Waals surface area contributed by atoms with Gasteiger partial charge in [-0.1, -0.05) is 18.2 Å². The second kappa shape index (κ2) is 4.76. The lowest BCUT2D eigenvalue weighted by Gasteiger charge is -2.29. The van der Waals surface area contributed by atoms with E-state index < -0.39 is 0 Å². The summed E-state index contributed by atoms with van der Waals surface area (Å²) in [6, 6.07) is 14.5. The quantitative estimate of drug-likeness (QED) is 0.848. The summed E-state index contributed by atoms with van der Waals surface area (Å²) in [5.41, 5.74) is 2.65. The third kappa shape index (κ3) is 2.19. The van der Waals surface area contributed by atoms with Gasteiger partial charge in [-0.05, 0) is 48.7 Å². The molecule has 1 aliphatic heterocycles. The number of amides is 1. The fraction of sp³-hybridized carbons (Fsp3) is 0.188. The van der Waals surface area contributed by atoms with Crippen molar-refractivity contribution in [2.45, 2.75) is 12.8 Å². The topological polar surface area (TPSA) is 40.5 Å². The van der Waals surface area contributed by atoms with E-state index in [0.29, 0.717) is 5.56 Å². The van der Waals surface area contributed by atoms with Gasteiger partial charge in [0.15, 0.2) is 0 Å². The Morgan fingerprint density at radius 1 is 1.11 bits per heavy atom. The molecular weight excluding hydrogens is 238 g/mol. The predicted octanol–water partition coefficient (Wildman–Crippen LogP) is 2.99. The summed E-state index contributed by atoms with van der Waals surface area (Å²) < 4.78 is 0. The number of phenolic OH excluding ortho intramolecular Hbond substituents is 1. The molecule has 0 aliphatic carbocycles. The fourth-order valence-electron chi connectivity index (χ4n) is 2.53. The molecule has 0 fully saturated rings. The summed E-state index contributed by atoms with van der Waals surface area (Å²) in [7, 11) is 0. The van der Waals surface area contributed by atoms with E-state index in [-0.39, 0.29) is 11.7 Å². The molecule has 1 aliphatic rings. The zero-order valence-electron chi connectivity index (χ0n) is 10.5. The highest BCUT2D eigenvalue weighted by molar-refractivity contribution is 6.06. The van der Waals surface area contributed by atoms with Gasteiger partial charge in [0.1, 0.15) is 5.75 Å². The van der Waals surface area contributed by atoms with Crippen LogP contribution in [0.1, 0.15) is 22.3 Å². The Balaban J connectivity index is 1.98. The molecule has 0 aromatic heterocycles. The highest BCUT2D eigenvalue weighted by Crippen LogP contribution is 2.31. The molecule has 1 heterocycles. The Labute approximate surface area is 112 Å². The van der Waals surface area contributed by atoms with Crippen molar-refractivity contribution in [3.05, 3.63) is 59.7 Å². The predicted molar refractivity (Wildman–Crippen MR) is 74.5 cm³/mol. The van der Waals surface area contributed by atoms with E-state index in [1.165, 1.54) is 0 Å². The molecule has 0 atom stereocenters. The van der Waals surface area contributed by atoms with E-state index >= 15 is 0 Å². The Bertz CT molecular complexity index is 607. The van der Waals surface area contributed by atoms with Gasteiger partial charge in [-0.2, -0.15) is 0 Å². The van der Waals surface area contributed by atoms with Crippen LogP contribution in [0.3, 0.4) is 0 Å². The minimum absolute atomic E-state index is 0.0206. The molecule has 3 rings (SSSR count). The molecule has 3 heteroatoms. The third-order valence-electron chi connectivity index (χ3n) is 3.45. The van der Waals surface area contributed by atoms with E-state index in [0.717, 1.165) is 30.6 Å². The first-order valence-electron chi connectivity index (χ1n) is 6.44. The number of benzene rings is 2. The van der Waals surface area contributed by atoms with Gasteiger partial charge in [-0.15, -0.1) is 0 Å². The molecular formula is C16H15NO2. The number of fused-ring (bicyclic) bond motifs is 1. The number of rotatable bonds is 1. The Morgan fingerprint density at radius 2 is 1.89 bits per heavy atom. The van der Waals surface area contributed by atoms with Gasteiger partial charge in [-0.3, -0.25) is 4.79 Å². The number of aryl methyl sites for hydroxylation is 1. The van der Waals surface area contributed by atoms with E-state index in [1.54, 1.807) is 17.0 Å². The number of phenols is 1. The maximum absolute atomic E-state index is 12.5. The van der Waals surface area contributed by atoms with Crippen LogP contribution >= 0.6 is 0 Å². The first kappa shape index (κ1) is 11.8. The van der Waals surface area contributed by atoms with Crippen LogP contribution in [0.5, 0.6) is 5.75 Å². The lowest BCUT2D eigenvalue weighted by Crippen LogP contribution is -2.35. The van der Waals surface area contributed by atoms with Crippen molar-refractivity contribution in [2.75, 3.05) is 11.4 Å². The Hall–Kier alpha value is -2.29. The normalized spacial score (nSPS) is 14.0. The average Bonchev–Trinajstić information content (AvgIpc) is 2.46. The molecule has 2 aromatic rings. The first-order valence-corrected chi connectivity index (χ1v) is 6.44. The van der Waals surface area contributed by atoms with Crippen LogP contribution in [0.15, 0.2) is 48.5 Å². The number of aromatic hydroxyl groups is 1. The van der Waals surface area contributed by atoms with Crippen molar-refractivity contribution >= 4 is 11.6 Å². The lowest BCUT2D eigenvalue weighted by molar-refractivity contribution is 0.0985. The maximum Gasteiger partial charge on any atom is 0.258 e. The van der Waals surface area contributed by atoms with Crippen LogP contribution in [0.25, 0.3) is 0 Å². The lowest BCUT2D eigenvalue weighted by atomic mass is 10.0. The smallest absolute Gasteiger partial charge is 0.258 e. The molecule has 3 nitrogen and oxygen atoms in total. The van der Waals surface area contributed by atoms with E-state index in [4.69, 9.17) is 0 Å². The average molecular weight is 253 g/mol. The zero-order chi connectivity index (χ0) is 13.2. The summed E-state index contributed by atoms with van der Waals surface area (Å²) in [5.74, 6) is 0.278. The molecule has 0 spiro atoms. The van der Waals surface area contributed by atoms with Crippen LogP contribution in [0.4, 0.5) is 5.69 Å². The molecule has 1 N–H and O–H groups in total. The summed E-state index contributed by atoms with van der Waals surface area (Å²) in [4.78, 5) is 14.3. The van der Waals surface area contributed by atoms with Crippen LogP contribution in [-0.4, -0.2) is 17.6 Å². The summed E-state index contributed by atoms with van der Waals surface area (Å²) in [6.07, 6.45) is 1.83. The third-order valence-corrected chi connectivity index (χ3v) is 3.45. The second-order valence-corrected chi connectivity index (χ2v) is 4.74. The highest BCUT2D eigenvalue weighted by Gasteiger charge is 2.23. The van der Waals surface area contributed by atoms with Gasteiger partial charge in [0.25, 0.3) is 5.91 Å². The van der Waals surface area contributed by atoms with Gasteiger partial charge in [0, 0.05) is 17.8 Å². The number of carbonyl (C=O) groups is 1. The van der Waals surface area contributed by atoms with Crippen LogP contribution in [0, 0.1) is 0 Å². The molecule has 0 saturated carbocycles. The molecule has 0 bridgehead atoms. The van der Waals surface area contributed by atoms with Crippen LogP contribution < -0.4 is 4.90 Å². The standard InChI is InChI=1S/C16H15NO2/c18-14-8-9-15-13(11-14)7-4-10-17(15)16(19)12-5-2-1-3-6-12/h1-3,5-6,8-9,11,18H,4,7,10H2. The Kier molecular flexibility index (Phi) is 2.95. The number of hydrogen-bond donors (Lipinski definition) is 1. The van der Waals surface area contributed by atoms with Gasteiger partial charge in [0.05, 0.1) is 0 Å². The molecule has 0 unspecified atom stereocenters. The van der Waals surface area contributed by atoms with Gasteiger partial charge >= 0.3 is 0 Å². The molecule has 2 aromatic carbocycles. The number of hydrogen-bond acceptors (Lipinski definition) is 2. The van der Waals surface area contributed by atoms with Crippen molar-refractivity contribution in [1.29, 1.82) is 0 Å². The number of nitrogens with zero attached hydrogens (tertiary/aromatic N) is 1. The van der Waals surface area contributed by atoms with E-state index in [1.807, 2.05) is 36.4 Å². The summed E-state index contributed by atoms with van der Waals surface area (Å²) >= 11 is 0. The summed E-state index contributed by atoms with van der Waals surface area (Å²) in [6.45, 7) is 0.728. The number of carbonyl (C=O) groups excluding carboxylic acids is 1. The molecule has 1 amide bonds. The van der Waals surface area contributed by atoms with Gasteiger partial charge in [-0.25, -0.2) is 0 Å². The SMILES string of the molecule is O=C(c1ccccc1)N1CCCc2cc(O)ccc21. The van der Waals surface area contributed by atoms with Gasteiger partial charge in [0.2, 0.25) is 0 Å². The maximum atomic E-state index is 12.5.